The summed E-state index contributed by atoms with van der Waals surface area (Å²) >= 11 is 0. The van der Waals surface area contributed by atoms with Crippen LogP contribution in [0.5, 0.6) is 0 Å². The van der Waals surface area contributed by atoms with Gasteiger partial charge in [0.05, 0.1) is 5.75 Å². The van der Waals surface area contributed by atoms with Gasteiger partial charge >= 0.3 is 0 Å². The molecule has 0 aromatic heterocycles. The smallest absolute Gasteiger partial charge is 0.214 e. The van der Waals surface area contributed by atoms with Gasteiger partial charge in [-0.25, -0.2) is 12.7 Å². The van der Waals surface area contributed by atoms with E-state index in [0.29, 0.717) is 25.4 Å². The Hall–Kier alpha value is -0.130. The van der Waals surface area contributed by atoms with Crippen LogP contribution in [0.3, 0.4) is 0 Å². The first-order chi connectivity index (χ1) is 6.58. The molecule has 0 aromatic carbocycles. The Morgan fingerprint density at radius 3 is 2.50 bits per heavy atom. The molecule has 1 heterocycles. The zero-order chi connectivity index (χ0) is 10.2. The van der Waals surface area contributed by atoms with Gasteiger partial charge in [-0.2, -0.15) is 0 Å². The fourth-order valence-electron chi connectivity index (χ4n) is 2.21. The molecule has 1 saturated heterocycles. The Balaban J connectivity index is 1.98. The number of rotatable bonds is 4. The van der Waals surface area contributed by atoms with E-state index in [9.17, 15) is 8.42 Å². The van der Waals surface area contributed by atoms with Crippen LogP contribution in [0.4, 0.5) is 0 Å². The highest BCUT2D eigenvalue weighted by atomic mass is 32.2. The molecule has 1 aliphatic heterocycles. The molecule has 14 heavy (non-hydrogen) atoms. The average Bonchev–Trinajstić information content (AvgIpc) is 2.76. The Bertz CT molecular complexity index is 309. The van der Waals surface area contributed by atoms with Gasteiger partial charge in [0.2, 0.25) is 10.0 Å². The van der Waals surface area contributed by atoms with Crippen molar-refractivity contribution in [1.82, 2.24) is 4.31 Å². The van der Waals surface area contributed by atoms with Crippen LogP contribution >= 0.6 is 0 Å². The third kappa shape index (κ3) is 1.94. The highest BCUT2D eigenvalue weighted by molar-refractivity contribution is 7.89. The molecule has 2 aliphatic rings. The van der Waals surface area contributed by atoms with Gasteiger partial charge in [0.25, 0.3) is 0 Å². The van der Waals surface area contributed by atoms with E-state index >= 15 is 0 Å². The van der Waals surface area contributed by atoms with Crippen molar-refractivity contribution in [3.63, 3.8) is 0 Å². The van der Waals surface area contributed by atoms with Crippen LogP contribution in [-0.2, 0) is 10.0 Å². The van der Waals surface area contributed by atoms with Crippen LogP contribution in [0.25, 0.3) is 0 Å². The second-order valence-electron chi connectivity index (χ2n) is 4.54. The van der Waals surface area contributed by atoms with E-state index in [1.807, 2.05) is 0 Å². The lowest BCUT2D eigenvalue weighted by Crippen LogP contribution is -2.33. The predicted molar refractivity (Wildman–Crippen MR) is 55.3 cm³/mol. The molecule has 1 saturated carbocycles. The van der Waals surface area contributed by atoms with Gasteiger partial charge in [-0.05, 0) is 37.6 Å². The summed E-state index contributed by atoms with van der Waals surface area (Å²) in [7, 11) is -2.91. The fraction of sp³-hybridized carbons (Fsp3) is 1.00. The van der Waals surface area contributed by atoms with E-state index in [-0.39, 0.29) is 5.41 Å². The van der Waals surface area contributed by atoms with Crippen LogP contribution in [0.2, 0.25) is 0 Å². The quantitative estimate of drug-likeness (QED) is 0.730. The van der Waals surface area contributed by atoms with Crippen molar-refractivity contribution in [3.8, 4) is 0 Å². The maximum absolute atomic E-state index is 11.6. The molecule has 2 fully saturated rings. The van der Waals surface area contributed by atoms with Crippen LogP contribution in [0.15, 0.2) is 0 Å². The van der Waals surface area contributed by atoms with E-state index in [4.69, 9.17) is 5.73 Å². The molecule has 0 unspecified atom stereocenters. The largest absolute Gasteiger partial charge is 0.330 e. The first-order valence-electron chi connectivity index (χ1n) is 5.26. The number of nitrogens with zero attached hydrogens (tertiary/aromatic N) is 1. The van der Waals surface area contributed by atoms with E-state index in [2.05, 4.69) is 0 Å². The van der Waals surface area contributed by atoms with Gasteiger partial charge in [0.15, 0.2) is 0 Å². The Morgan fingerprint density at radius 1 is 1.36 bits per heavy atom. The standard InChI is InChI=1S/C9H18N2O2S/c10-5-4-9(2-3-9)8-11-6-1-7-14(11,12)13/h1-8,10H2. The summed E-state index contributed by atoms with van der Waals surface area (Å²) < 4.78 is 24.8. The lowest BCUT2D eigenvalue weighted by molar-refractivity contribution is 0.332. The SMILES string of the molecule is NCCC1(CN2CCCS2(=O)=O)CC1. The molecule has 0 radical (unpaired) electrons. The summed E-state index contributed by atoms with van der Waals surface area (Å²) in [5, 5.41) is 0. The molecular formula is C9H18N2O2S. The number of hydrogen-bond acceptors (Lipinski definition) is 3. The Morgan fingerprint density at radius 2 is 2.07 bits per heavy atom. The van der Waals surface area contributed by atoms with Crippen molar-refractivity contribution in [2.45, 2.75) is 25.7 Å². The van der Waals surface area contributed by atoms with E-state index < -0.39 is 10.0 Å². The van der Waals surface area contributed by atoms with Crippen molar-refractivity contribution >= 4 is 10.0 Å². The molecule has 0 aromatic rings. The van der Waals surface area contributed by atoms with E-state index in [1.165, 1.54) is 0 Å². The van der Waals surface area contributed by atoms with Crippen LogP contribution in [0.1, 0.15) is 25.7 Å². The molecular weight excluding hydrogens is 200 g/mol. The van der Waals surface area contributed by atoms with Gasteiger partial charge in [0, 0.05) is 13.1 Å². The van der Waals surface area contributed by atoms with Gasteiger partial charge in [-0.1, -0.05) is 0 Å². The Labute approximate surface area is 85.5 Å². The Kier molecular flexibility index (Phi) is 2.57. The molecule has 0 atom stereocenters. The first-order valence-corrected chi connectivity index (χ1v) is 6.87. The number of sulfonamides is 1. The summed E-state index contributed by atoms with van der Waals surface area (Å²) in [5.41, 5.74) is 5.77. The normalized spacial score (nSPS) is 29.2. The van der Waals surface area contributed by atoms with Crippen molar-refractivity contribution in [2.75, 3.05) is 25.4 Å². The summed E-state index contributed by atoms with van der Waals surface area (Å²) in [4.78, 5) is 0. The third-order valence-electron chi connectivity index (χ3n) is 3.35. The van der Waals surface area contributed by atoms with E-state index in [0.717, 1.165) is 25.7 Å². The molecule has 0 amide bonds. The molecule has 2 rings (SSSR count). The van der Waals surface area contributed by atoms with E-state index in [1.54, 1.807) is 4.31 Å². The zero-order valence-corrected chi connectivity index (χ0v) is 9.22. The van der Waals surface area contributed by atoms with Crippen LogP contribution < -0.4 is 5.73 Å². The number of nitrogens with two attached hydrogens (primary N) is 1. The number of hydrogen-bond donors (Lipinski definition) is 1. The monoisotopic (exact) mass is 218 g/mol. The fourth-order valence-corrected chi connectivity index (χ4v) is 3.84. The molecule has 82 valence electrons. The average molecular weight is 218 g/mol. The van der Waals surface area contributed by atoms with Gasteiger partial charge in [-0.3, -0.25) is 0 Å². The molecule has 4 nitrogen and oxygen atoms in total. The lowest BCUT2D eigenvalue weighted by atomic mass is 10.0. The molecule has 5 heteroatoms. The van der Waals surface area contributed by atoms with Crippen molar-refractivity contribution < 1.29 is 8.42 Å². The molecule has 1 aliphatic carbocycles. The second-order valence-corrected chi connectivity index (χ2v) is 6.63. The van der Waals surface area contributed by atoms with Crippen LogP contribution in [-0.4, -0.2) is 38.1 Å². The summed E-state index contributed by atoms with van der Waals surface area (Å²) in [6.45, 7) is 2.11. The topological polar surface area (TPSA) is 63.4 Å². The maximum atomic E-state index is 11.6. The van der Waals surface area contributed by atoms with Gasteiger partial charge < -0.3 is 5.73 Å². The minimum atomic E-state index is -2.91. The van der Waals surface area contributed by atoms with Gasteiger partial charge in [0.1, 0.15) is 0 Å². The minimum absolute atomic E-state index is 0.242. The molecule has 2 N–H and O–H groups in total. The summed E-state index contributed by atoms with van der Waals surface area (Å²) in [6.07, 6.45) is 4.06. The zero-order valence-electron chi connectivity index (χ0n) is 8.41. The van der Waals surface area contributed by atoms with Crippen molar-refractivity contribution in [1.29, 1.82) is 0 Å². The summed E-state index contributed by atoms with van der Waals surface area (Å²) in [6, 6.07) is 0. The predicted octanol–water partition coefficient (Wildman–Crippen LogP) is 0.151. The molecule has 0 spiro atoms. The lowest BCUT2D eigenvalue weighted by Gasteiger charge is -2.21. The summed E-state index contributed by atoms with van der Waals surface area (Å²) in [5.74, 6) is 0.339. The molecule has 0 bridgehead atoms. The second kappa shape index (κ2) is 3.47. The van der Waals surface area contributed by atoms with Crippen molar-refractivity contribution in [2.24, 2.45) is 11.1 Å². The highest BCUT2D eigenvalue weighted by Gasteiger charge is 2.45. The highest BCUT2D eigenvalue weighted by Crippen LogP contribution is 2.49. The van der Waals surface area contributed by atoms with Crippen molar-refractivity contribution in [3.05, 3.63) is 0 Å². The van der Waals surface area contributed by atoms with Crippen LogP contribution in [0, 0.1) is 5.41 Å². The maximum Gasteiger partial charge on any atom is 0.214 e. The van der Waals surface area contributed by atoms with Gasteiger partial charge in [-0.15, -0.1) is 0 Å². The first kappa shape index (κ1) is 10.4. The minimum Gasteiger partial charge on any atom is -0.330 e. The third-order valence-corrected chi connectivity index (χ3v) is 5.25.